The lowest BCUT2D eigenvalue weighted by molar-refractivity contribution is -0.140. The maximum Gasteiger partial charge on any atom is 0.295 e. The van der Waals surface area contributed by atoms with Crippen LogP contribution in [0.5, 0.6) is 5.75 Å². The number of Topliss-reactive ketones (excluding diaryl/α,β-unsaturated/α-hetero) is 1. The standard InChI is InChI=1S/C24H28N2O5/c1-4-25(5-2)10-11-26-21(19-7-6-12-30-19)20(23(28)24(26)29)22(27)16-8-9-18-17(14-16)13-15(3)31-18/h6-9,12,14-15,21,27H,4-5,10-11,13H2,1-3H3/t15-,21-/m0/s1. The fraction of sp³-hybridized carbons (Fsp3) is 0.417. The van der Waals surface area contributed by atoms with Gasteiger partial charge in [-0.25, -0.2) is 0 Å². The average Bonchev–Trinajstić information content (AvgIpc) is 3.47. The first-order valence-corrected chi connectivity index (χ1v) is 10.8. The Labute approximate surface area is 181 Å². The second-order valence-electron chi connectivity index (χ2n) is 7.99. The van der Waals surface area contributed by atoms with Crippen LogP contribution < -0.4 is 4.74 Å². The molecule has 0 aliphatic carbocycles. The summed E-state index contributed by atoms with van der Waals surface area (Å²) < 4.78 is 11.3. The molecule has 7 nitrogen and oxygen atoms in total. The van der Waals surface area contributed by atoms with Crippen molar-refractivity contribution in [2.75, 3.05) is 26.2 Å². The quantitative estimate of drug-likeness (QED) is 0.417. The molecule has 1 amide bonds. The molecule has 1 N–H and O–H groups in total. The van der Waals surface area contributed by atoms with Gasteiger partial charge in [-0.2, -0.15) is 0 Å². The molecule has 7 heteroatoms. The molecule has 31 heavy (non-hydrogen) atoms. The van der Waals surface area contributed by atoms with Crippen molar-refractivity contribution in [2.45, 2.75) is 39.3 Å². The molecule has 2 aromatic rings. The highest BCUT2D eigenvalue weighted by molar-refractivity contribution is 6.46. The van der Waals surface area contributed by atoms with E-state index in [-0.39, 0.29) is 17.4 Å². The number of hydrogen-bond donors (Lipinski definition) is 1. The van der Waals surface area contributed by atoms with E-state index >= 15 is 0 Å². The number of likely N-dealkylation sites (N-methyl/N-ethyl adjacent to an activating group) is 1. The van der Waals surface area contributed by atoms with Crippen LogP contribution in [0, 0.1) is 0 Å². The van der Waals surface area contributed by atoms with Gasteiger partial charge in [0, 0.05) is 25.1 Å². The summed E-state index contributed by atoms with van der Waals surface area (Å²) in [5, 5.41) is 11.1. The van der Waals surface area contributed by atoms with Gasteiger partial charge >= 0.3 is 0 Å². The molecular formula is C24H28N2O5. The van der Waals surface area contributed by atoms with Gasteiger partial charge in [-0.1, -0.05) is 13.8 Å². The molecule has 2 aliphatic heterocycles. The minimum Gasteiger partial charge on any atom is -0.507 e. The van der Waals surface area contributed by atoms with Crippen LogP contribution in [0.15, 0.2) is 46.6 Å². The van der Waals surface area contributed by atoms with Gasteiger partial charge in [0.25, 0.3) is 11.7 Å². The third-order valence-corrected chi connectivity index (χ3v) is 6.07. The zero-order valence-electron chi connectivity index (χ0n) is 18.1. The lowest BCUT2D eigenvalue weighted by Crippen LogP contribution is -2.37. The summed E-state index contributed by atoms with van der Waals surface area (Å²) in [5.41, 5.74) is 1.53. The Bertz CT molecular complexity index is 1010. The van der Waals surface area contributed by atoms with E-state index < -0.39 is 17.7 Å². The Morgan fingerprint density at radius 3 is 2.68 bits per heavy atom. The first kappa shape index (κ1) is 21.2. The van der Waals surface area contributed by atoms with Crippen molar-refractivity contribution < 1.29 is 23.8 Å². The Kier molecular flexibility index (Phi) is 5.87. The number of benzene rings is 1. The van der Waals surface area contributed by atoms with Crippen LogP contribution in [0.4, 0.5) is 0 Å². The summed E-state index contributed by atoms with van der Waals surface area (Å²) >= 11 is 0. The van der Waals surface area contributed by atoms with Crippen molar-refractivity contribution in [1.82, 2.24) is 9.80 Å². The van der Waals surface area contributed by atoms with Crippen LogP contribution in [-0.2, 0) is 16.0 Å². The van der Waals surface area contributed by atoms with Crippen LogP contribution in [-0.4, -0.2) is 58.9 Å². The molecule has 164 valence electrons. The Balaban J connectivity index is 1.74. The van der Waals surface area contributed by atoms with Crippen LogP contribution in [0.1, 0.15) is 43.7 Å². The summed E-state index contributed by atoms with van der Waals surface area (Å²) in [6.07, 6.45) is 2.31. The van der Waals surface area contributed by atoms with Gasteiger partial charge in [0.2, 0.25) is 0 Å². The van der Waals surface area contributed by atoms with E-state index in [0.717, 1.165) is 30.8 Å². The normalized spacial score (nSPS) is 22.3. The van der Waals surface area contributed by atoms with Crippen molar-refractivity contribution in [3.63, 3.8) is 0 Å². The zero-order chi connectivity index (χ0) is 22.1. The fourth-order valence-electron chi connectivity index (χ4n) is 4.37. The second-order valence-corrected chi connectivity index (χ2v) is 7.99. The number of fused-ring (bicyclic) bond motifs is 1. The van der Waals surface area contributed by atoms with Crippen molar-refractivity contribution in [3.8, 4) is 5.75 Å². The van der Waals surface area contributed by atoms with Crippen molar-refractivity contribution in [3.05, 3.63) is 59.1 Å². The number of aliphatic hydroxyl groups is 1. The number of amides is 1. The van der Waals surface area contributed by atoms with Crippen LogP contribution in [0.25, 0.3) is 5.76 Å². The smallest absolute Gasteiger partial charge is 0.295 e. The van der Waals surface area contributed by atoms with E-state index in [2.05, 4.69) is 18.7 Å². The Hall–Kier alpha value is -3.06. The van der Waals surface area contributed by atoms with Crippen molar-refractivity contribution >= 4 is 17.4 Å². The molecule has 0 saturated carbocycles. The molecule has 0 radical (unpaired) electrons. The number of hydrogen-bond acceptors (Lipinski definition) is 6. The van der Waals surface area contributed by atoms with E-state index in [4.69, 9.17) is 9.15 Å². The molecule has 1 fully saturated rings. The van der Waals surface area contributed by atoms with E-state index in [9.17, 15) is 14.7 Å². The SMILES string of the molecule is CCN(CC)CCN1C(=O)C(=O)C(=C(O)c2ccc3c(c2)C[C@H](C)O3)[C@@H]1c1ccco1. The molecule has 0 bridgehead atoms. The van der Waals surface area contributed by atoms with Crippen LogP contribution in [0.3, 0.4) is 0 Å². The number of furan rings is 1. The number of aliphatic hydroxyl groups excluding tert-OH is 1. The molecule has 1 aromatic carbocycles. The lowest BCUT2D eigenvalue weighted by Gasteiger charge is -2.26. The summed E-state index contributed by atoms with van der Waals surface area (Å²) in [5.74, 6) is -0.256. The summed E-state index contributed by atoms with van der Waals surface area (Å²) in [6.45, 7) is 8.79. The molecule has 2 atom stereocenters. The molecule has 0 spiro atoms. The van der Waals surface area contributed by atoms with Gasteiger partial charge in [0.05, 0.1) is 11.8 Å². The molecule has 4 rings (SSSR count). The van der Waals surface area contributed by atoms with Gasteiger partial charge in [-0.05, 0) is 55.9 Å². The number of ether oxygens (including phenoxy) is 1. The lowest BCUT2D eigenvalue weighted by atomic mass is 9.97. The highest BCUT2D eigenvalue weighted by Gasteiger charge is 2.47. The number of likely N-dealkylation sites (tertiary alicyclic amines) is 1. The maximum atomic E-state index is 13.0. The highest BCUT2D eigenvalue weighted by atomic mass is 16.5. The van der Waals surface area contributed by atoms with Gasteiger partial charge in [0.1, 0.15) is 29.4 Å². The van der Waals surface area contributed by atoms with Crippen LogP contribution >= 0.6 is 0 Å². The first-order chi connectivity index (χ1) is 14.9. The highest BCUT2D eigenvalue weighted by Crippen LogP contribution is 2.40. The minimum absolute atomic E-state index is 0.0615. The number of carbonyl (C=O) groups is 2. The molecule has 0 unspecified atom stereocenters. The number of rotatable bonds is 7. The number of carbonyl (C=O) groups excluding carboxylic acids is 2. The molecular weight excluding hydrogens is 396 g/mol. The number of nitrogens with zero attached hydrogens (tertiary/aromatic N) is 2. The predicted octanol–water partition coefficient (Wildman–Crippen LogP) is 3.37. The molecule has 1 saturated heterocycles. The van der Waals surface area contributed by atoms with Gasteiger partial charge in [-0.15, -0.1) is 0 Å². The van der Waals surface area contributed by atoms with Crippen molar-refractivity contribution in [1.29, 1.82) is 0 Å². The van der Waals surface area contributed by atoms with E-state index in [1.165, 1.54) is 11.2 Å². The monoisotopic (exact) mass is 424 g/mol. The second kappa shape index (κ2) is 8.59. The van der Waals surface area contributed by atoms with Crippen LogP contribution in [0.2, 0.25) is 0 Å². The first-order valence-electron chi connectivity index (χ1n) is 10.8. The summed E-state index contributed by atoms with van der Waals surface area (Å²) in [4.78, 5) is 29.6. The topological polar surface area (TPSA) is 83.2 Å². The number of ketones is 1. The summed E-state index contributed by atoms with van der Waals surface area (Å²) in [7, 11) is 0. The molecule has 1 aromatic heterocycles. The zero-order valence-corrected chi connectivity index (χ0v) is 18.1. The summed E-state index contributed by atoms with van der Waals surface area (Å²) in [6, 6.07) is 8.03. The Morgan fingerprint density at radius 1 is 1.23 bits per heavy atom. The van der Waals surface area contributed by atoms with Gasteiger partial charge in [-0.3, -0.25) is 9.59 Å². The largest absolute Gasteiger partial charge is 0.507 e. The van der Waals surface area contributed by atoms with Gasteiger partial charge in [0.15, 0.2) is 0 Å². The molecule has 3 heterocycles. The van der Waals surface area contributed by atoms with E-state index in [1.807, 2.05) is 13.0 Å². The van der Waals surface area contributed by atoms with Gasteiger partial charge < -0.3 is 24.1 Å². The third kappa shape index (κ3) is 3.85. The maximum absolute atomic E-state index is 13.0. The predicted molar refractivity (Wildman–Crippen MR) is 116 cm³/mol. The fourth-order valence-corrected chi connectivity index (χ4v) is 4.37. The molecule has 2 aliphatic rings. The minimum atomic E-state index is -0.756. The third-order valence-electron chi connectivity index (χ3n) is 6.07. The average molecular weight is 424 g/mol. The van der Waals surface area contributed by atoms with E-state index in [1.54, 1.807) is 24.3 Å². The Morgan fingerprint density at radius 2 is 2.00 bits per heavy atom. The van der Waals surface area contributed by atoms with Crippen molar-refractivity contribution in [2.24, 2.45) is 0 Å². The van der Waals surface area contributed by atoms with E-state index in [0.29, 0.717) is 24.4 Å².